The molecule has 2 spiro atoms. The normalized spacial score (nSPS) is 50.3. The molecule has 4 bridgehead atoms. The van der Waals surface area contributed by atoms with Crippen LogP contribution < -0.4 is 4.74 Å². The zero-order chi connectivity index (χ0) is 20.8. The monoisotopic (exact) mass is 421 g/mol. The second-order valence-corrected chi connectivity index (χ2v) is 11.4. The maximum Gasteiger partial charge on any atom is 0.165 e. The van der Waals surface area contributed by atoms with Gasteiger partial charge in [-0.1, -0.05) is 18.2 Å². The Hall–Kier alpha value is -1.56. The van der Waals surface area contributed by atoms with Crippen molar-refractivity contribution in [2.75, 3.05) is 20.2 Å². The summed E-state index contributed by atoms with van der Waals surface area (Å²) in [7, 11) is 1.79. The Bertz CT molecular complexity index is 1030. The van der Waals surface area contributed by atoms with Crippen molar-refractivity contribution in [3.63, 3.8) is 0 Å². The predicted octanol–water partition coefficient (Wildman–Crippen LogP) is 2.77. The lowest BCUT2D eigenvalue weighted by atomic mass is 9.34. The van der Waals surface area contributed by atoms with E-state index in [1.165, 1.54) is 30.5 Å². The van der Waals surface area contributed by atoms with Crippen LogP contribution in [-0.4, -0.2) is 59.2 Å². The Morgan fingerprint density at radius 2 is 2.06 bits per heavy atom. The van der Waals surface area contributed by atoms with E-state index in [2.05, 4.69) is 23.1 Å². The highest BCUT2D eigenvalue weighted by molar-refractivity contribution is 5.65. The summed E-state index contributed by atoms with van der Waals surface area (Å²) in [5.74, 6) is 2.26. The highest BCUT2D eigenvalue weighted by atomic mass is 16.6. The van der Waals surface area contributed by atoms with E-state index >= 15 is 0 Å². The number of methoxy groups -OCH3 is 1. The highest BCUT2D eigenvalue weighted by Crippen LogP contribution is 2.78. The molecule has 0 amide bonds. The second-order valence-electron chi connectivity index (χ2n) is 11.4. The molecule has 0 aromatic heterocycles. The van der Waals surface area contributed by atoms with Crippen molar-refractivity contribution in [2.45, 2.75) is 67.8 Å². The number of ether oxygens (including phenoxy) is 2. The van der Waals surface area contributed by atoms with E-state index in [4.69, 9.17) is 9.47 Å². The highest BCUT2D eigenvalue weighted by Gasteiger charge is 2.83. The molecule has 2 aliphatic heterocycles. The van der Waals surface area contributed by atoms with Gasteiger partial charge in [-0.05, 0) is 68.5 Å². The zero-order valence-electron chi connectivity index (χ0n) is 18.1. The van der Waals surface area contributed by atoms with Crippen molar-refractivity contribution in [1.29, 1.82) is 0 Å². The van der Waals surface area contributed by atoms with Crippen LogP contribution in [0.2, 0.25) is 0 Å². The van der Waals surface area contributed by atoms with Gasteiger partial charge < -0.3 is 19.7 Å². The summed E-state index contributed by atoms with van der Waals surface area (Å²) in [6, 6.07) is 4.40. The summed E-state index contributed by atoms with van der Waals surface area (Å²) in [5, 5.41) is 22.1. The quantitative estimate of drug-likeness (QED) is 0.735. The largest absolute Gasteiger partial charge is 0.504 e. The molecule has 5 heteroatoms. The number of benzene rings is 1. The van der Waals surface area contributed by atoms with E-state index in [1.807, 2.05) is 6.07 Å². The number of rotatable bonds is 3. The van der Waals surface area contributed by atoms with Gasteiger partial charge in [0.25, 0.3) is 0 Å². The summed E-state index contributed by atoms with van der Waals surface area (Å²) in [5.41, 5.74) is 1.76. The number of hydrogen-bond donors (Lipinski definition) is 2. The van der Waals surface area contributed by atoms with Gasteiger partial charge in [-0.15, -0.1) is 0 Å². The molecule has 2 N–H and O–H groups in total. The summed E-state index contributed by atoms with van der Waals surface area (Å²) in [6.07, 6.45) is 10.9. The van der Waals surface area contributed by atoms with E-state index in [-0.39, 0.29) is 34.7 Å². The number of aliphatic hydroxyl groups is 1. The standard InChI is InChI=1S/C26H31NO4/c1-30-26-9-8-24(16-5-7-17(28)21(16)26)19-12-15-4-6-18(29)22-20(15)25(24,23(26)31-22)10-11-27(19)13-14-2-3-14/h4,6,8-9,14,16-17,19,21,23,28-29H,2-3,5,7,10-13H2,1H3/t16-,17+,19?,21-,23-,24-,25+,26-/m1/s1. The first kappa shape index (κ1) is 17.9. The van der Waals surface area contributed by atoms with Gasteiger partial charge in [0.1, 0.15) is 11.7 Å². The van der Waals surface area contributed by atoms with Gasteiger partial charge in [0.05, 0.1) is 11.5 Å². The Balaban J connectivity index is 1.44. The molecule has 8 atom stereocenters. The Morgan fingerprint density at radius 3 is 2.87 bits per heavy atom. The number of nitrogens with zero attached hydrogens (tertiary/aromatic N) is 1. The molecule has 164 valence electrons. The van der Waals surface area contributed by atoms with E-state index in [0.29, 0.717) is 17.7 Å². The minimum Gasteiger partial charge on any atom is -0.504 e. The predicted molar refractivity (Wildman–Crippen MR) is 114 cm³/mol. The molecule has 1 unspecified atom stereocenters. The van der Waals surface area contributed by atoms with Crippen LogP contribution in [0.15, 0.2) is 24.3 Å². The van der Waals surface area contributed by atoms with Crippen molar-refractivity contribution in [2.24, 2.45) is 23.2 Å². The van der Waals surface area contributed by atoms with Crippen molar-refractivity contribution in [1.82, 2.24) is 4.90 Å². The van der Waals surface area contributed by atoms with E-state index in [0.717, 1.165) is 38.1 Å². The van der Waals surface area contributed by atoms with Crippen LogP contribution in [0.4, 0.5) is 0 Å². The number of piperidine rings is 1. The number of phenols is 1. The van der Waals surface area contributed by atoms with Gasteiger partial charge in [0.15, 0.2) is 11.5 Å². The molecular weight excluding hydrogens is 390 g/mol. The van der Waals surface area contributed by atoms with Gasteiger partial charge in [0.2, 0.25) is 0 Å². The smallest absolute Gasteiger partial charge is 0.165 e. The molecule has 2 heterocycles. The average Bonchev–Trinajstić information content (AvgIpc) is 3.38. The molecule has 1 saturated heterocycles. The zero-order valence-corrected chi connectivity index (χ0v) is 18.1. The topological polar surface area (TPSA) is 62.2 Å². The van der Waals surface area contributed by atoms with Crippen LogP contribution in [0.25, 0.3) is 0 Å². The molecule has 8 aliphatic rings. The number of likely N-dealkylation sites (tertiary alicyclic amines) is 1. The molecule has 5 nitrogen and oxygen atoms in total. The molecule has 9 rings (SSSR count). The van der Waals surface area contributed by atoms with Crippen molar-refractivity contribution < 1.29 is 19.7 Å². The minimum absolute atomic E-state index is 0.0563. The van der Waals surface area contributed by atoms with Gasteiger partial charge in [-0.3, -0.25) is 4.90 Å². The van der Waals surface area contributed by atoms with E-state index in [1.54, 1.807) is 7.11 Å². The first-order valence-electron chi connectivity index (χ1n) is 12.3. The van der Waals surface area contributed by atoms with Crippen LogP contribution in [0, 0.1) is 23.2 Å². The van der Waals surface area contributed by atoms with Gasteiger partial charge in [0, 0.05) is 36.6 Å². The number of hydrogen-bond acceptors (Lipinski definition) is 5. The lowest BCUT2D eigenvalue weighted by molar-refractivity contribution is -0.248. The molecule has 3 saturated carbocycles. The lowest BCUT2D eigenvalue weighted by Crippen LogP contribution is -2.82. The fraction of sp³-hybridized carbons (Fsp3) is 0.692. The van der Waals surface area contributed by atoms with E-state index in [9.17, 15) is 10.2 Å². The summed E-state index contributed by atoms with van der Waals surface area (Å²) >= 11 is 0. The molecule has 4 fully saturated rings. The lowest BCUT2D eigenvalue weighted by Gasteiger charge is -2.73. The van der Waals surface area contributed by atoms with Crippen molar-refractivity contribution in [3.8, 4) is 11.5 Å². The first-order valence-corrected chi connectivity index (χ1v) is 12.3. The third-order valence-electron chi connectivity index (χ3n) is 10.7. The van der Waals surface area contributed by atoms with Gasteiger partial charge >= 0.3 is 0 Å². The number of phenolic OH excluding ortho intramolecular Hbond substituents is 1. The number of aliphatic hydroxyl groups excluding tert-OH is 1. The Labute approximate surface area is 183 Å². The Kier molecular flexibility index (Phi) is 3.08. The summed E-state index contributed by atoms with van der Waals surface area (Å²) in [6.45, 7) is 2.29. The molecule has 31 heavy (non-hydrogen) atoms. The van der Waals surface area contributed by atoms with Crippen LogP contribution in [0.3, 0.4) is 0 Å². The van der Waals surface area contributed by atoms with Crippen LogP contribution >= 0.6 is 0 Å². The molecule has 6 aliphatic carbocycles. The summed E-state index contributed by atoms with van der Waals surface area (Å²) < 4.78 is 13.1. The van der Waals surface area contributed by atoms with Crippen molar-refractivity contribution >= 4 is 0 Å². The molecular formula is C26H31NO4. The van der Waals surface area contributed by atoms with Gasteiger partial charge in [-0.25, -0.2) is 0 Å². The number of aromatic hydroxyl groups is 1. The molecule has 0 radical (unpaired) electrons. The first-order chi connectivity index (χ1) is 15.1. The maximum absolute atomic E-state index is 11.2. The Morgan fingerprint density at radius 1 is 1.19 bits per heavy atom. The van der Waals surface area contributed by atoms with Crippen molar-refractivity contribution in [3.05, 3.63) is 35.4 Å². The van der Waals surface area contributed by atoms with Crippen LogP contribution in [-0.2, 0) is 16.6 Å². The fourth-order valence-corrected chi connectivity index (χ4v) is 9.61. The third kappa shape index (κ3) is 1.69. The molecule has 1 aromatic carbocycles. The SMILES string of the molecule is CO[C@@]12C=C[C@]3(C4Cc5ccc(O)c6c5[C@@]3(CCN4CC3CC3)[C@H]1O6)[C@@H]1CC[C@H](O)[C@@H]12. The van der Waals surface area contributed by atoms with Crippen LogP contribution in [0.1, 0.15) is 43.2 Å². The maximum atomic E-state index is 11.2. The van der Waals surface area contributed by atoms with Gasteiger partial charge in [-0.2, -0.15) is 0 Å². The second kappa shape index (κ2) is 5.32. The fourth-order valence-electron chi connectivity index (χ4n) is 9.61. The average molecular weight is 422 g/mol. The van der Waals surface area contributed by atoms with Crippen LogP contribution in [0.5, 0.6) is 11.5 Å². The molecule has 1 aromatic rings. The third-order valence-corrected chi connectivity index (χ3v) is 10.7. The minimum atomic E-state index is -0.633. The summed E-state index contributed by atoms with van der Waals surface area (Å²) in [4.78, 5) is 2.80. The van der Waals surface area contributed by atoms with E-state index < -0.39 is 5.60 Å².